The van der Waals surface area contributed by atoms with Gasteiger partial charge in [0, 0.05) is 23.8 Å². The van der Waals surface area contributed by atoms with Crippen LogP contribution in [-0.2, 0) is 0 Å². The van der Waals surface area contributed by atoms with Crippen LogP contribution in [0.2, 0.25) is 0 Å². The van der Waals surface area contributed by atoms with E-state index in [0.717, 1.165) is 14.9 Å². The van der Waals surface area contributed by atoms with E-state index >= 15 is 0 Å². The molecule has 0 fully saturated rings. The maximum absolute atomic E-state index is 12.4. The van der Waals surface area contributed by atoms with Crippen molar-refractivity contribution in [2.24, 2.45) is 5.73 Å². The number of nitrogens with zero attached hydrogens (tertiary/aromatic N) is 2. The molecule has 0 bridgehead atoms. The van der Waals surface area contributed by atoms with Gasteiger partial charge >= 0.3 is 6.18 Å². The largest absolute Gasteiger partial charge is 0.405 e. The fraction of sp³-hybridized carbons (Fsp3) is 0.500. The van der Waals surface area contributed by atoms with Crippen LogP contribution in [0.25, 0.3) is 0 Å². The van der Waals surface area contributed by atoms with Crippen molar-refractivity contribution < 1.29 is 13.2 Å². The van der Waals surface area contributed by atoms with Crippen LogP contribution in [0.5, 0.6) is 0 Å². The monoisotopic (exact) mass is 311 g/mol. The maximum Gasteiger partial charge on any atom is 0.405 e. The summed E-state index contributed by atoms with van der Waals surface area (Å²) in [6.45, 7) is 1.02. The minimum Gasteiger partial charge on any atom is -0.346 e. The van der Waals surface area contributed by atoms with E-state index < -0.39 is 12.7 Å². The molecule has 0 unspecified atom stereocenters. The Balaban J connectivity index is 2.93. The van der Waals surface area contributed by atoms with Gasteiger partial charge in [-0.2, -0.15) is 13.2 Å². The number of aromatic nitrogens is 1. The van der Waals surface area contributed by atoms with E-state index in [4.69, 9.17) is 5.73 Å². The average molecular weight is 312 g/mol. The van der Waals surface area contributed by atoms with Gasteiger partial charge in [0.05, 0.1) is 0 Å². The average Bonchev–Trinajstić information content (AvgIpc) is 2.19. The van der Waals surface area contributed by atoms with E-state index in [-0.39, 0.29) is 18.9 Å². The summed E-state index contributed by atoms with van der Waals surface area (Å²) in [4.78, 5) is 5.09. The molecule has 0 saturated carbocycles. The number of nitrogens with two attached hydrogens (primary N) is 1. The van der Waals surface area contributed by atoms with E-state index in [2.05, 4.69) is 20.9 Å². The molecule has 1 heterocycles. The molecule has 7 heteroatoms. The first-order valence-corrected chi connectivity index (χ1v) is 5.76. The Morgan fingerprint density at radius 3 is 2.59 bits per heavy atom. The van der Waals surface area contributed by atoms with Crippen LogP contribution in [0.3, 0.4) is 0 Å². The summed E-state index contributed by atoms with van der Waals surface area (Å²) in [5.41, 5.74) is 6.14. The van der Waals surface area contributed by atoms with Gasteiger partial charge in [0.2, 0.25) is 0 Å². The normalized spacial score (nSPS) is 11.6. The standard InChI is InChI=1S/C10H13BrF3N3/c1-7-4-9(16-5-8(7)11)17(3-2-15)6-10(12,13)14/h4-5H,2-3,6,15H2,1H3. The minimum absolute atomic E-state index is 0.119. The molecule has 0 spiro atoms. The second-order valence-corrected chi connectivity index (χ2v) is 4.47. The predicted molar refractivity (Wildman–Crippen MR) is 64.0 cm³/mol. The van der Waals surface area contributed by atoms with Gasteiger partial charge < -0.3 is 10.6 Å². The highest BCUT2D eigenvalue weighted by molar-refractivity contribution is 9.10. The third-order valence-electron chi connectivity index (χ3n) is 2.13. The van der Waals surface area contributed by atoms with Crippen molar-refractivity contribution >= 4 is 21.7 Å². The molecule has 1 rings (SSSR count). The molecule has 17 heavy (non-hydrogen) atoms. The van der Waals surface area contributed by atoms with Gasteiger partial charge in [-0.1, -0.05) is 0 Å². The topological polar surface area (TPSA) is 42.1 Å². The number of hydrogen-bond donors (Lipinski definition) is 1. The van der Waals surface area contributed by atoms with Gasteiger partial charge in [-0.05, 0) is 34.5 Å². The molecule has 0 aromatic carbocycles. The van der Waals surface area contributed by atoms with Gasteiger partial charge in [0.25, 0.3) is 0 Å². The van der Waals surface area contributed by atoms with Crippen LogP contribution in [0.4, 0.5) is 19.0 Å². The molecule has 0 saturated heterocycles. The molecule has 1 aromatic heterocycles. The number of anilines is 1. The summed E-state index contributed by atoms with van der Waals surface area (Å²) in [6.07, 6.45) is -2.78. The molecule has 3 nitrogen and oxygen atoms in total. The molecule has 0 aliphatic rings. The van der Waals surface area contributed by atoms with Crippen LogP contribution in [0, 0.1) is 6.92 Å². The van der Waals surface area contributed by atoms with Gasteiger partial charge in [0.1, 0.15) is 12.4 Å². The van der Waals surface area contributed by atoms with Gasteiger partial charge in [-0.3, -0.25) is 0 Å². The summed E-state index contributed by atoms with van der Waals surface area (Å²) in [5.74, 6) is 0.286. The number of alkyl halides is 3. The summed E-state index contributed by atoms with van der Waals surface area (Å²) in [5, 5.41) is 0. The van der Waals surface area contributed by atoms with Crippen LogP contribution >= 0.6 is 15.9 Å². The Bertz CT molecular complexity index is 382. The van der Waals surface area contributed by atoms with Gasteiger partial charge in [0.15, 0.2) is 0 Å². The number of aryl methyl sites for hydroxylation is 1. The highest BCUT2D eigenvalue weighted by atomic mass is 79.9. The lowest BCUT2D eigenvalue weighted by Crippen LogP contribution is -2.38. The van der Waals surface area contributed by atoms with Crippen molar-refractivity contribution in [2.45, 2.75) is 13.1 Å². The van der Waals surface area contributed by atoms with Crippen molar-refractivity contribution in [2.75, 3.05) is 24.5 Å². The molecular formula is C10H13BrF3N3. The second-order valence-electron chi connectivity index (χ2n) is 3.62. The zero-order chi connectivity index (χ0) is 13.1. The third-order valence-corrected chi connectivity index (χ3v) is 2.96. The third kappa shape index (κ3) is 4.51. The Morgan fingerprint density at radius 1 is 1.47 bits per heavy atom. The van der Waals surface area contributed by atoms with Crippen LogP contribution < -0.4 is 10.6 Å². The van der Waals surface area contributed by atoms with Crippen LogP contribution in [-0.4, -0.2) is 30.8 Å². The van der Waals surface area contributed by atoms with E-state index in [1.165, 1.54) is 6.20 Å². The van der Waals surface area contributed by atoms with Crippen molar-refractivity contribution in [1.29, 1.82) is 0 Å². The smallest absolute Gasteiger partial charge is 0.346 e. The van der Waals surface area contributed by atoms with Crippen molar-refractivity contribution in [3.05, 3.63) is 22.3 Å². The maximum atomic E-state index is 12.4. The second kappa shape index (κ2) is 5.68. The SMILES string of the molecule is Cc1cc(N(CCN)CC(F)(F)F)ncc1Br. The minimum atomic E-state index is -4.27. The number of hydrogen-bond acceptors (Lipinski definition) is 3. The van der Waals surface area contributed by atoms with Crippen molar-refractivity contribution in [3.63, 3.8) is 0 Å². The highest BCUT2D eigenvalue weighted by Crippen LogP contribution is 2.23. The first-order valence-electron chi connectivity index (χ1n) is 4.97. The quantitative estimate of drug-likeness (QED) is 0.929. The van der Waals surface area contributed by atoms with Crippen molar-refractivity contribution in [1.82, 2.24) is 4.98 Å². The van der Waals surface area contributed by atoms with E-state index in [0.29, 0.717) is 0 Å². The lowest BCUT2D eigenvalue weighted by atomic mass is 10.3. The van der Waals surface area contributed by atoms with E-state index in [1.807, 2.05) is 0 Å². The molecule has 0 amide bonds. The molecule has 2 N–H and O–H groups in total. The molecular weight excluding hydrogens is 299 g/mol. The fourth-order valence-corrected chi connectivity index (χ4v) is 1.56. The number of halogens is 4. The molecule has 0 atom stereocenters. The molecule has 0 aliphatic heterocycles. The number of pyridine rings is 1. The van der Waals surface area contributed by atoms with E-state index in [9.17, 15) is 13.2 Å². The highest BCUT2D eigenvalue weighted by Gasteiger charge is 2.31. The van der Waals surface area contributed by atoms with Crippen LogP contribution in [0.15, 0.2) is 16.7 Å². The molecule has 0 radical (unpaired) electrons. The zero-order valence-electron chi connectivity index (χ0n) is 9.26. The summed E-state index contributed by atoms with van der Waals surface area (Å²) in [7, 11) is 0. The lowest BCUT2D eigenvalue weighted by molar-refractivity contribution is -0.119. The van der Waals surface area contributed by atoms with Gasteiger partial charge in [-0.15, -0.1) is 0 Å². The Labute approximate surface area is 106 Å². The summed E-state index contributed by atoms with van der Waals surface area (Å²) >= 11 is 3.25. The fourth-order valence-electron chi connectivity index (χ4n) is 1.34. The van der Waals surface area contributed by atoms with E-state index in [1.54, 1.807) is 13.0 Å². The summed E-state index contributed by atoms with van der Waals surface area (Å²) in [6, 6.07) is 1.60. The number of rotatable bonds is 4. The molecule has 96 valence electrons. The summed E-state index contributed by atoms with van der Waals surface area (Å²) < 4.78 is 37.9. The molecule has 0 aliphatic carbocycles. The predicted octanol–water partition coefficient (Wildman–Crippen LogP) is 2.48. The Hall–Kier alpha value is -0.820. The zero-order valence-corrected chi connectivity index (χ0v) is 10.8. The first-order chi connectivity index (χ1) is 7.83. The lowest BCUT2D eigenvalue weighted by Gasteiger charge is -2.24. The van der Waals surface area contributed by atoms with Gasteiger partial charge in [-0.25, -0.2) is 4.98 Å². The Morgan fingerprint density at radius 2 is 2.12 bits per heavy atom. The Kier molecular flexibility index (Phi) is 4.76. The first kappa shape index (κ1) is 14.2. The van der Waals surface area contributed by atoms with Crippen LogP contribution in [0.1, 0.15) is 5.56 Å². The van der Waals surface area contributed by atoms with Crippen molar-refractivity contribution in [3.8, 4) is 0 Å². The molecule has 1 aromatic rings.